The fourth-order valence-electron chi connectivity index (χ4n) is 2.01. The van der Waals surface area contributed by atoms with Crippen molar-refractivity contribution < 1.29 is 0 Å². The molecule has 17 heavy (non-hydrogen) atoms. The number of halogens is 1. The molecule has 5 heteroatoms. The van der Waals surface area contributed by atoms with Gasteiger partial charge in [0.15, 0.2) is 0 Å². The first-order valence-electron chi connectivity index (χ1n) is 5.61. The lowest BCUT2D eigenvalue weighted by Crippen LogP contribution is -2.22. The number of para-hydroxylation sites is 2. The van der Waals surface area contributed by atoms with Crippen molar-refractivity contribution >= 4 is 29.3 Å². The predicted molar refractivity (Wildman–Crippen MR) is 71.7 cm³/mol. The van der Waals surface area contributed by atoms with Crippen molar-refractivity contribution in [3.05, 3.63) is 30.5 Å². The minimum atomic E-state index is 0. The van der Waals surface area contributed by atoms with E-state index >= 15 is 0 Å². The number of nitrogens with zero attached hydrogens (tertiary/aromatic N) is 2. The molecular formula is C12H15ClN4. The topological polar surface area (TPSA) is 49.8 Å². The molecule has 0 aliphatic carbocycles. The summed E-state index contributed by atoms with van der Waals surface area (Å²) in [7, 11) is 0. The number of aromatic nitrogens is 2. The molecule has 4 nitrogen and oxygen atoms in total. The van der Waals surface area contributed by atoms with E-state index in [2.05, 4.69) is 20.6 Å². The summed E-state index contributed by atoms with van der Waals surface area (Å²) in [5.41, 5.74) is 1.89. The van der Waals surface area contributed by atoms with Crippen LogP contribution in [0.25, 0.3) is 11.0 Å². The van der Waals surface area contributed by atoms with Gasteiger partial charge in [-0.2, -0.15) is 0 Å². The van der Waals surface area contributed by atoms with E-state index in [9.17, 15) is 0 Å². The molecule has 1 fully saturated rings. The molecule has 1 aromatic carbocycles. The third kappa shape index (κ3) is 2.65. The minimum absolute atomic E-state index is 0. The van der Waals surface area contributed by atoms with Crippen LogP contribution in [0.15, 0.2) is 30.5 Å². The van der Waals surface area contributed by atoms with Gasteiger partial charge in [-0.1, -0.05) is 12.1 Å². The van der Waals surface area contributed by atoms with Gasteiger partial charge in [-0.05, 0) is 25.1 Å². The van der Waals surface area contributed by atoms with E-state index in [4.69, 9.17) is 0 Å². The zero-order chi connectivity index (χ0) is 10.8. The fourth-order valence-corrected chi connectivity index (χ4v) is 2.01. The number of anilines is 1. The van der Waals surface area contributed by atoms with Gasteiger partial charge in [-0.25, -0.2) is 4.98 Å². The summed E-state index contributed by atoms with van der Waals surface area (Å²) in [6.45, 7) is 2.09. The van der Waals surface area contributed by atoms with E-state index in [1.54, 1.807) is 6.20 Å². The Kier molecular flexibility index (Phi) is 3.76. The van der Waals surface area contributed by atoms with Crippen LogP contribution in [0.4, 0.5) is 5.82 Å². The van der Waals surface area contributed by atoms with Crippen molar-refractivity contribution in [1.82, 2.24) is 15.3 Å². The number of hydrogen-bond acceptors (Lipinski definition) is 4. The Hall–Kier alpha value is -1.39. The largest absolute Gasteiger partial charge is 0.365 e. The molecule has 1 saturated heterocycles. The molecule has 0 saturated carbocycles. The summed E-state index contributed by atoms with van der Waals surface area (Å²) in [6.07, 6.45) is 2.95. The second kappa shape index (κ2) is 5.29. The lowest BCUT2D eigenvalue weighted by Gasteiger charge is -2.11. The third-order valence-electron chi connectivity index (χ3n) is 2.86. The first kappa shape index (κ1) is 12.1. The molecule has 0 radical (unpaired) electrons. The van der Waals surface area contributed by atoms with E-state index in [0.717, 1.165) is 36.4 Å². The molecule has 0 amide bonds. The lowest BCUT2D eigenvalue weighted by molar-refractivity contribution is 0.788. The van der Waals surface area contributed by atoms with Gasteiger partial charge in [0.1, 0.15) is 5.82 Å². The van der Waals surface area contributed by atoms with Gasteiger partial charge in [0.05, 0.1) is 17.2 Å². The molecule has 1 aromatic heterocycles. The van der Waals surface area contributed by atoms with Crippen molar-refractivity contribution in [3.63, 3.8) is 0 Å². The minimum Gasteiger partial charge on any atom is -0.365 e. The summed E-state index contributed by atoms with van der Waals surface area (Å²) in [5, 5.41) is 6.72. The average molecular weight is 251 g/mol. The second-order valence-corrected chi connectivity index (χ2v) is 4.08. The van der Waals surface area contributed by atoms with E-state index in [1.807, 2.05) is 24.3 Å². The highest BCUT2D eigenvalue weighted by atomic mass is 35.5. The summed E-state index contributed by atoms with van der Waals surface area (Å²) in [6, 6.07) is 8.41. The average Bonchev–Trinajstić information content (AvgIpc) is 2.82. The maximum atomic E-state index is 4.54. The Morgan fingerprint density at radius 3 is 2.82 bits per heavy atom. The number of rotatable bonds is 2. The summed E-state index contributed by atoms with van der Waals surface area (Å²) < 4.78 is 0. The van der Waals surface area contributed by atoms with Crippen LogP contribution < -0.4 is 10.6 Å². The van der Waals surface area contributed by atoms with Crippen molar-refractivity contribution in [2.45, 2.75) is 12.5 Å². The Bertz CT molecular complexity index is 497. The van der Waals surface area contributed by atoms with E-state index in [1.165, 1.54) is 0 Å². The fraction of sp³-hybridized carbons (Fsp3) is 0.333. The predicted octanol–water partition coefficient (Wildman–Crippen LogP) is 1.83. The summed E-state index contributed by atoms with van der Waals surface area (Å²) in [4.78, 5) is 8.92. The van der Waals surface area contributed by atoms with Crippen LogP contribution >= 0.6 is 12.4 Å². The highest BCUT2D eigenvalue weighted by Gasteiger charge is 2.14. The quantitative estimate of drug-likeness (QED) is 0.854. The standard InChI is InChI=1S/C12H14N4.ClH/c1-2-4-11-10(3-1)14-8-12(16-11)15-9-5-6-13-7-9;/h1-4,8-9,13H,5-7H2,(H,15,16);1H. The SMILES string of the molecule is Cl.c1ccc2nc(NC3CCNC3)cnc2c1. The Balaban J connectivity index is 0.00000108. The van der Waals surface area contributed by atoms with Crippen molar-refractivity contribution in [3.8, 4) is 0 Å². The molecule has 1 unspecified atom stereocenters. The van der Waals surface area contributed by atoms with Crippen molar-refractivity contribution in [2.24, 2.45) is 0 Å². The Morgan fingerprint density at radius 2 is 2.06 bits per heavy atom. The smallest absolute Gasteiger partial charge is 0.145 e. The number of fused-ring (bicyclic) bond motifs is 1. The lowest BCUT2D eigenvalue weighted by atomic mass is 10.2. The molecule has 1 aliphatic heterocycles. The molecular weight excluding hydrogens is 236 g/mol. The Labute approximate surface area is 106 Å². The monoisotopic (exact) mass is 250 g/mol. The normalized spacial score (nSPS) is 18.9. The molecule has 0 bridgehead atoms. The molecule has 2 aromatic rings. The van der Waals surface area contributed by atoms with Gasteiger partial charge in [0.25, 0.3) is 0 Å². The van der Waals surface area contributed by atoms with Crippen LogP contribution in [0.2, 0.25) is 0 Å². The third-order valence-corrected chi connectivity index (χ3v) is 2.86. The molecule has 90 valence electrons. The van der Waals surface area contributed by atoms with E-state index < -0.39 is 0 Å². The summed E-state index contributed by atoms with van der Waals surface area (Å²) in [5.74, 6) is 0.868. The maximum Gasteiger partial charge on any atom is 0.145 e. The van der Waals surface area contributed by atoms with Gasteiger partial charge in [-0.15, -0.1) is 12.4 Å². The van der Waals surface area contributed by atoms with E-state index in [0.29, 0.717) is 6.04 Å². The van der Waals surface area contributed by atoms with E-state index in [-0.39, 0.29) is 12.4 Å². The highest BCUT2D eigenvalue weighted by molar-refractivity contribution is 5.85. The van der Waals surface area contributed by atoms with Crippen molar-refractivity contribution in [2.75, 3.05) is 18.4 Å². The first-order valence-corrected chi connectivity index (χ1v) is 5.61. The zero-order valence-electron chi connectivity index (χ0n) is 9.39. The van der Waals surface area contributed by atoms with Crippen LogP contribution in [0.5, 0.6) is 0 Å². The number of benzene rings is 1. The molecule has 1 aliphatic rings. The maximum absolute atomic E-state index is 4.54. The van der Waals surface area contributed by atoms with Crippen LogP contribution in [0.3, 0.4) is 0 Å². The van der Waals surface area contributed by atoms with Gasteiger partial charge < -0.3 is 10.6 Å². The van der Waals surface area contributed by atoms with Crippen LogP contribution in [-0.2, 0) is 0 Å². The van der Waals surface area contributed by atoms with Gasteiger partial charge >= 0.3 is 0 Å². The number of nitrogens with one attached hydrogen (secondary N) is 2. The molecule has 2 heterocycles. The molecule has 3 rings (SSSR count). The molecule has 2 N–H and O–H groups in total. The zero-order valence-corrected chi connectivity index (χ0v) is 10.2. The summed E-state index contributed by atoms with van der Waals surface area (Å²) >= 11 is 0. The van der Waals surface area contributed by atoms with Gasteiger partial charge in [0, 0.05) is 12.6 Å². The van der Waals surface area contributed by atoms with Crippen molar-refractivity contribution in [1.29, 1.82) is 0 Å². The first-order chi connectivity index (χ1) is 7.92. The Morgan fingerprint density at radius 1 is 1.24 bits per heavy atom. The van der Waals surface area contributed by atoms with Gasteiger partial charge in [0.2, 0.25) is 0 Å². The highest BCUT2D eigenvalue weighted by Crippen LogP contribution is 2.13. The molecule has 0 spiro atoms. The van der Waals surface area contributed by atoms with Crippen LogP contribution in [0, 0.1) is 0 Å². The van der Waals surface area contributed by atoms with Crippen LogP contribution in [0.1, 0.15) is 6.42 Å². The van der Waals surface area contributed by atoms with Gasteiger partial charge in [-0.3, -0.25) is 4.98 Å². The van der Waals surface area contributed by atoms with Crippen LogP contribution in [-0.4, -0.2) is 29.1 Å². The number of hydrogen-bond donors (Lipinski definition) is 2. The molecule has 1 atom stereocenters. The second-order valence-electron chi connectivity index (χ2n) is 4.08.